The summed E-state index contributed by atoms with van der Waals surface area (Å²) in [6, 6.07) is 5.18. The lowest BCUT2D eigenvalue weighted by Gasteiger charge is -2.30. The summed E-state index contributed by atoms with van der Waals surface area (Å²) in [6.45, 7) is 6.88. The summed E-state index contributed by atoms with van der Waals surface area (Å²) < 4.78 is 14.1. The molecule has 0 saturated heterocycles. The number of rotatable bonds is 5. The van der Waals surface area contributed by atoms with Crippen molar-refractivity contribution in [2.75, 3.05) is 6.54 Å². The first kappa shape index (κ1) is 16.0. The molecular formula is C18H26FNO. The Bertz CT molecular complexity index is 492. The van der Waals surface area contributed by atoms with E-state index >= 15 is 0 Å². The first-order valence-electron chi connectivity index (χ1n) is 8.06. The van der Waals surface area contributed by atoms with Gasteiger partial charge in [-0.25, -0.2) is 4.39 Å². The molecule has 1 aliphatic rings. The summed E-state index contributed by atoms with van der Waals surface area (Å²) in [7, 11) is 0. The lowest BCUT2D eigenvalue weighted by molar-refractivity contribution is 0.0667. The second-order valence-corrected chi connectivity index (χ2v) is 6.60. The zero-order chi connectivity index (χ0) is 15.4. The summed E-state index contributed by atoms with van der Waals surface area (Å²) in [5.41, 5.74) is 1.06. The van der Waals surface area contributed by atoms with Gasteiger partial charge in [-0.1, -0.05) is 32.8 Å². The Morgan fingerprint density at radius 1 is 1.33 bits per heavy atom. The fraction of sp³-hybridized carbons (Fsp3) is 0.611. The van der Waals surface area contributed by atoms with Gasteiger partial charge in [-0.3, -0.25) is 4.79 Å². The molecule has 0 atom stereocenters. The van der Waals surface area contributed by atoms with Gasteiger partial charge >= 0.3 is 0 Å². The highest BCUT2D eigenvalue weighted by Gasteiger charge is 2.28. The maximum Gasteiger partial charge on any atom is 0.257 e. The number of carbonyl (C=O) groups excluding carboxylic acids is 1. The van der Waals surface area contributed by atoms with Crippen LogP contribution >= 0.6 is 0 Å². The van der Waals surface area contributed by atoms with Crippen molar-refractivity contribution in [3.05, 3.63) is 35.1 Å². The van der Waals surface area contributed by atoms with Gasteiger partial charge in [0.1, 0.15) is 5.82 Å². The van der Waals surface area contributed by atoms with E-state index < -0.39 is 5.82 Å². The molecule has 0 spiro atoms. The molecule has 1 aliphatic carbocycles. The number of hydrogen-bond donors (Lipinski definition) is 0. The van der Waals surface area contributed by atoms with Crippen LogP contribution in [0.3, 0.4) is 0 Å². The summed E-state index contributed by atoms with van der Waals surface area (Å²) >= 11 is 0. The maximum atomic E-state index is 14.1. The summed E-state index contributed by atoms with van der Waals surface area (Å²) in [4.78, 5) is 14.7. The molecular weight excluding hydrogens is 265 g/mol. The monoisotopic (exact) mass is 291 g/mol. The normalized spacial score (nSPS) is 15.7. The van der Waals surface area contributed by atoms with E-state index in [-0.39, 0.29) is 17.5 Å². The SMILES string of the molecule is Cc1ccc(C(=O)N(CCC(C)C)C2CCCC2)c(F)c1. The number of benzene rings is 1. The van der Waals surface area contributed by atoms with Crippen molar-refractivity contribution in [3.8, 4) is 0 Å². The zero-order valence-corrected chi connectivity index (χ0v) is 13.4. The van der Waals surface area contributed by atoms with E-state index in [0.29, 0.717) is 5.92 Å². The van der Waals surface area contributed by atoms with Crippen LogP contribution in [0.25, 0.3) is 0 Å². The predicted octanol–water partition coefficient (Wildman–Crippen LogP) is 4.57. The number of nitrogens with zero attached hydrogens (tertiary/aromatic N) is 1. The number of carbonyl (C=O) groups is 1. The molecule has 0 radical (unpaired) electrons. The first-order valence-corrected chi connectivity index (χ1v) is 8.06. The van der Waals surface area contributed by atoms with Crippen molar-refractivity contribution < 1.29 is 9.18 Å². The second-order valence-electron chi connectivity index (χ2n) is 6.60. The van der Waals surface area contributed by atoms with Gasteiger partial charge in [-0.05, 0) is 49.8 Å². The third-order valence-electron chi connectivity index (χ3n) is 4.33. The fourth-order valence-electron chi connectivity index (χ4n) is 3.01. The second kappa shape index (κ2) is 7.06. The van der Waals surface area contributed by atoms with Crippen molar-refractivity contribution in [2.45, 2.75) is 58.9 Å². The number of amides is 1. The summed E-state index contributed by atoms with van der Waals surface area (Å²) in [5.74, 6) is 0.0113. The van der Waals surface area contributed by atoms with Crippen LogP contribution in [-0.4, -0.2) is 23.4 Å². The molecule has 0 heterocycles. The van der Waals surface area contributed by atoms with E-state index in [0.717, 1.165) is 31.4 Å². The third-order valence-corrected chi connectivity index (χ3v) is 4.33. The van der Waals surface area contributed by atoms with Gasteiger partial charge in [0.05, 0.1) is 5.56 Å². The number of aryl methyl sites for hydroxylation is 1. The number of halogens is 1. The van der Waals surface area contributed by atoms with Gasteiger partial charge in [-0.15, -0.1) is 0 Å². The molecule has 21 heavy (non-hydrogen) atoms. The van der Waals surface area contributed by atoms with Gasteiger partial charge in [-0.2, -0.15) is 0 Å². The maximum absolute atomic E-state index is 14.1. The fourth-order valence-corrected chi connectivity index (χ4v) is 3.01. The molecule has 1 aromatic rings. The van der Waals surface area contributed by atoms with E-state index in [4.69, 9.17) is 0 Å². The van der Waals surface area contributed by atoms with E-state index in [1.807, 2.05) is 17.9 Å². The Morgan fingerprint density at radius 3 is 2.57 bits per heavy atom. The topological polar surface area (TPSA) is 20.3 Å². The molecule has 116 valence electrons. The van der Waals surface area contributed by atoms with Crippen molar-refractivity contribution in [3.63, 3.8) is 0 Å². The Balaban J connectivity index is 2.19. The molecule has 0 aliphatic heterocycles. The van der Waals surface area contributed by atoms with E-state index in [1.54, 1.807) is 6.07 Å². The lowest BCUT2D eigenvalue weighted by atomic mass is 10.1. The molecule has 3 heteroatoms. The van der Waals surface area contributed by atoms with E-state index in [9.17, 15) is 9.18 Å². The summed E-state index contributed by atoms with van der Waals surface area (Å²) in [6.07, 6.45) is 5.42. The lowest BCUT2D eigenvalue weighted by Crippen LogP contribution is -2.40. The molecule has 1 saturated carbocycles. The highest BCUT2D eigenvalue weighted by molar-refractivity contribution is 5.94. The Hall–Kier alpha value is -1.38. The van der Waals surface area contributed by atoms with Crippen LogP contribution in [0, 0.1) is 18.7 Å². The minimum absolute atomic E-state index is 0.139. The molecule has 2 nitrogen and oxygen atoms in total. The van der Waals surface area contributed by atoms with Gasteiger partial charge in [0, 0.05) is 12.6 Å². The molecule has 0 aromatic heterocycles. The highest BCUT2D eigenvalue weighted by Crippen LogP contribution is 2.26. The van der Waals surface area contributed by atoms with Crippen LogP contribution in [0.15, 0.2) is 18.2 Å². The van der Waals surface area contributed by atoms with Crippen LogP contribution in [0.4, 0.5) is 4.39 Å². The molecule has 1 fully saturated rings. The standard InChI is InChI=1S/C18H26FNO/c1-13(2)10-11-20(15-6-4-5-7-15)18(21)16-9-8-14(3)12-17(16)19/h8-9,12-13,15H,4-7,10-11H2,1-3H3. The minimum Gasteiger partial charge on any atom is -0.336 e. The van der Waals surface area contributed by atoms with Gasteiger partial charge < -0.3 is 4.90 Å². The number of hydrogen-bond acceptors (Lipinski definition) is 1. The molecule has 0 bridgehead atoms. The molecule has 2 rings (SSSR count). The van der Waals surface area contributed by atoms with Crippen molar-refractivity contribution in [1.29, 1.82) is 0 Å². The van der Waals surface area contributed by atoms with Crippen LogP contribution in [0.2, 0.25) is 0 Å². The van der Waals surface area contributed by atoms with E-state index in [1.165, 1.54) is 18.9 Å². The Labute approximate surface area is 127 Å². The van der Waals surface area contributed by atoms with E-state index in [2.05, 4.69) is 13.8 Å². The minimum atomic E-state index is -0.396. The Kier molecular flexibility index (Phi) is 5.38. The molecule has 0 unspecified atom stereocenters. The van der Waals surface area contributed by atoms with Crippen molar-refractivity contribution in [1.82, 2.24) is 4.90 Å². The quantitative estimate of drug-likeness (QED) is 0.778. The highest BCUT2D eigenvalue weighted by atomic mass is 19.1. The molecule has 1 aromatic carbocycles. The average molecular weight is 291 g/mol. The first-order chi connectivity index (χ1) is 9.99. The average Bonchev–Trinajstić information content (AvgIpc) is 2.92. The molecule has 1 amide bonds. The van der Waals surface area contributed by atoms with Gasteiger partial charge in [0.15, 0.2) is 0 Å². The van der Waals surface area contributed by atoms with Crippen LogP contribution < -0.4 is 0 Å². The van der Waals surface area contributed by atoms with Crippen molar-refractivity contribution in [2.24, 2.45) is 5.92 Å². The van der Waals surface area contributed by atoms with Crippen LogP contribution in [0.1, 0.15) is 61.9 Å². The zero-order valence-electron chi connectivity index (χ0n) is 13.4. The van der Waals surface area contributed by atoms with Gasteiger partial charge in [0.2, 0.25) is 0 Å². The van der Waals surface area contributed by atoms with Crippen molar-refractivity contribution >= 4 is 5.91 Å². The van der Waals surface area contributed by atoms with Gasteiger partial charge in [0.25, 0.3) is 5.91 Å². The smallest absolute Gasteiger partial charge is 0.257 e. The Morgan fingerprint density at radius 2 is 2.00 bits per heavy atom. The largest absolute Gasteiger partial charge is 0.336 e. The third kappa shape index (κ3) is 4.05. The van der Waals surface area contributed by atoms with Crippen LogP contribution in [0.5, 0.6) is 0 Å². The molecule has 0 N–H and O–H groups in total. The summed E-state index contributed by atoms with van der Waals surface area (Å²) in [5, 5.41) is 0. The van der Waals surface area contributed by atoms with Crippen LogP contribution in [-0.2, 0) is 0 Å². The predicted molar refractivity (Wildman–Crippen MR) is 83.9 cm³/mol.